The summed E-state index contributed by atoms with van der Waals surface area (Å²) in [6.07, 6.45) is 2.40. The van der Waals surface area contributed by atoms with Gasteiger partial charge in [-0.05, 0) is 12.8 Å². The van der Waals surface area contributed by atoms with Crippen molar-refractivity contribution < 1.29 is 15.0 Å². The number of aliphatic carboxylic acids is 1. The van der Waals surface area contributed by atoms with Gasteiger partial charge >= 0.3 is 5.97 Å². The molecule has 0 fully saturated rings. The van der Waals surface area contributed by atoms with Crippen molar-refractivity contribution in [2.24, 2.45) is 5.92 Å². The zero-order valence-electron chi connectivity index (χ0n) is 7.32. The number of aliphatic hydroxyl groups excluding tert-OH is 1. The molecule has 0 aliphatic heterocycles. The number of carboxylic acids is 1. The molecule has 0 aromatic rings. The summed E-state index contributed by atoms with van der Waals surface area (Å²) >= 11 is 0. The van der Waals surface area contributed by atoms with E-state index in [1.54, 1.807) is 0 Å². The highest BCUT2D eigenvalue weighted by Gasteiger charge is 2.07. The van der Waals surface area contributed by atoms with Crippen LogP contribution in [0.15, 0.2) is 12.3 Å². The van der Waals surface area contributed by atoms with Crippen LogP contribution in [-0.4, -0.2) is 28.8 Å². The highest BCUT2D eigenvalue weighted by atomic mass is 16.4. The molecule has 4 heteroatoms. The van der Waals surface area contributed by atoms with E-state index in [0.29, 0.717) is 0 Å². The van der Waals surface area contributed by atoms with E-state index in [0.717, 1.165) is 6.08 Å². The summed E-state index contributed by atoms with van der Waals surface area (Å²) in [4.78, 5) is 10.0. The van der Waals surface area contributed by atoms with E-state index < -0.39 is 5.97 Å². The van der Waals surface area contributed by atoms with Crippen LogP contribution < -0.4 is 5.32 Å². The maximum absolute atomic E-state index is 10.0. The third kappa shape index (κ3) is 4.73. The van der Waals surface area contributed by atoms with Crippen molar-refractivity contribution in [2.45, 2.75) is 19.9 Å². The number of carbonyl (C=O) groups is 1. The predicted molar refractivity (Wildman–Crippen MR) is 45.6 cm³/mol. The van der Waals surface area contributed by atoms with Gasteiger partial charge in [0, 0.05) is 24.9 Å². The van der Waals surface area contributed by atoms with Crippen molar-refractivity contribution in [3.63, 3.8) is 0 Å². The lowest BCUT2D eigenvalue weighted by atomic mass is 10.1. The van der Waals surface area contributed by atoms with Crippen LogP contribution in [-0.2, 0) is 4.79 Å². The first-order valence-electron chi connectivity index (χ1n) is 3.84. The smallest absolute Gasteiger partial charge is 0.329 e. The van der Waals surface area contributed by atoms with Gasteiger partial charge in [0.15, 0.2) is 0 Å². The zero-order valence-corrected chi connectivity index (χ0v) is 7.32. The lowest BCUT2D eigenvalue weighted by Crippen LogP contribution is -2.30. The maximum Gasteiger partial charge on any atom is 0.329 e. The van der Waals surface area contributed by atoms with E-state index in [-0.39, 0.29) is 18.6 Å². The van der Waals surface area contributed by atoms with Crippen LogP contribution >= 0.6 is 0 Å². The number of aliphatic hydroxyl groups is 1. The topological polar surface area (TPSA) is 69.6 Å². The minimum atomic E-state index is -0.980. The normalized spacial score (nSPS) is 15.9. The van der Waals surface area contributed by atoms with Gasteiger partial charge in [0.2, 0.25) is 0 Å². The molecule has 0 amide bonds. The van der Waals surface area contributed by atoms with Crippen LogP contribution in [0.5, 0.6) is 0 Å². The zero-order chi connectivity index (χ0) is 9.56. The fourth-order valence-corrected chi connectivity index (χ4v) is 0.594. The summed E-state index contributed by atoms with van der Waals surface area (Å²) in [6, 6.07) is 0.0746. The molecule has 70 valence electrons. The van der Waals surface area contributed by atoms with Crippen molar-refractivity contribution in [3.8, 4) is 0 Å². The van der Waals surface area contributed by atoms with E-state index in [2.05, 4.69) is 5.32 Å². The van der Waals surface area contributed by atoms with Gasteiger partial charge in [-0.2, -0.15) is 0 Å². The van der Waals surface area contributed by atoms with Crippen molar-refractivity contribution in [1.29, 1.82) is 0 Å². The van der Waals surface area contributed by atoms with Gasteiger partial charge in [-0.1, -0.05) is 6.92 Å². The average molecular weight is 173 g/mol. The standard InChI is InChI=1S/C8H15NO3/c1-6(5-10)7(2)9-4-3-8(11)12/h3-4,6-7,9-10H,5H2,1-2H3,(H,11,12)/b4-3+. The van der Waals surface area contributed by atoms with E-state index in [1.165, 1.54) is 6.20 Å². The molecule has 0 radical (unpaired) electrons. The van der Waals surface area contributed by atoms with Gasteiger partial charge in [-0.25, -0.2) is 4.79 Å². The Bertz CT molecular complexity index is 168. The molecule has 2 atom stereocenters. The summed E-state index contributed by atoms with van der Waals surface area (Å²) in [5, 5.41) is 19.8. The van der Waals surface area contributed by atoms with Crippen molar-refractivity contribution in [1.82, 2.24) is 5.32 Å². The van der Waals surface area contributed by atoms with Crippen LogP contribution in [0, 0.1) is 5.92 Å². The fourth-order valence-electron chi connectivity index (χ4n) is 0.594. The molecule has 0 aliphatic carbocycles. The summed E-state index contributed by atoms with van der Waals surface area (Å²) in [6.45, 7) is 3.86. The Labute approximate surface area is 71.9 Å². The molecule has 0 spiro atoms. The van der Waals surface area contributed by atoms with Crippen LogP contribution in [0.1, 0.15) is 13.8 Å². The SMILES string of the molecule is CC(CO)C(C)N/C=C/C(=O)O. The second-order valence-electron chi connectivity index (χ2n) is 2.79. The Morgan fingerprint density at radius 1 is 1.58 bits per heavy atom. The molecule has 3 N–H and O–H groups in total. The summed E-state index contributed by atoms with van der Waals surface area (Å²) in [5.41, 5.74) is 0. The molecule has 0 saturated carbocycles. The molecule has 0 saturated heterocycles. The minimum Gasteiger partial charge on any atom is -0.478 e. The van der Waals surface area contributed by atoms with Gasteiger partial charge in [-0.15, -0.1) is 0 Å². The van der Waals surface area contributed by atoms with Crippen LogP contribution in [0.3, 0.4) is 0 Å². The van der Waals surface area contributed by atoms with Crippen LogP contribution in [0.4, 0.5) is 0 Å². The molecule has 4 nitrogen and oxygen atoms in total. The fraction of sp³-hybridized carbons (Fsp3) is 0.625. The average Bonchev–Trinajstić information content (AvgIpc) is 2.02. The summed E-state index contributed by atoms with van der Waals surface area (Å²) in [7, 11) is 0. The highest BCUT2D eigenvalue weighted by molar-refractivity contribution is 5.79. The van der Waals surface area contributed by atoms with Gasteiger partial charge < -0.3 is 15.5 Å². The van der Waals surface area contributed by atoms with Gasteiger partial charge in [-0.3, -0.25) is 0 Å². The number of hydrogen-bond acceptors (Lipinski definition) is 3. The van der Waals surface area contributed by atoms with E-state index in [9.17, 15) is 4.79 Å². The monoisotopic (exact) mass is 173 g/mol. The molecule has 0 aromatic carbocycles. The molecule has 2 unspecified atom stereocenters. The number of nitrogens with one attached hydrogen (secondary N) is 1. The largest absolute Gasteiger partial charge is 0.478 e. The van der Waals surface area contributed by atoms with Crippen LogP contribution in [0.2, 0.25) is 0 Å². The third-order valence-electron chi connectivity index (χ3n) is 1.73. The predicted octanol–water partition coefficient (Wildman–Crippen LogP) is 0.191. The summed E-state index contributed by atoms with van der Waals surface area (Å²) < 4.78 is 0. The molecule has 0 rings (SSSR count). The molecular formula is C8H15NO3. The highest BCUT2D eigenvalue weighted by Crippen LogP contribution is 1.99. The van der Waals surface area contributed by atoms with E-state index >= 15 is 0 Å². The third-order valence-corrected chi connectivity index (χ3v) is 1.73. The van der Waals surface area contributed by atoms with Gasteiger partial charge in [0.1, 0.15) is 0 Å². The van der Waals surface area contributed by atoms with Gasteiger partial charge in [0.25, 0.3) is 0 Å². The van der Waals surface area contributed by atoms with Crippen molar-refractivity contribution in [2.75, 3.05) is 6.61 Å². The molecular weight excluding hydrogens is 158 g/mol. The maximum atomic E-state index is 10.0. The Hall–Kier alpha value is -1.03. The molecule has 0 bridgehead atoms. The molecule has 12 heavy (non-hydrogen) atoms. The van der Waals surface area contributed by atoms with E-state index in [4.69, 9.17) is 10.2 Å². The second kappa shape index (κ2) is 5.60. The number of rotatable bonds is 5. The van der Waals surface area contributed by atoms with Gasteiger partial charge in [0.05, 0.1) is 0 Å². The lowest BCUT2D eigenvalue weighted by molar-refractivity contribution is -0.131. The summed E-state index contributed by atoms with van der Waals surface area (Å²) in [5.74, 6) is -0.866. The van der Waals surface area contributed by atoms with Crippen molar-refractivity contribution in [3.05, 3.63) is 12.3 Å². The molecule has 0 aliphatic rings. The number of carboxylic acid groups (broad SMARTS) is 1. The first kappa shape index (κ1) is 11.0. The Kier molecular flexibility index (Phi) is 5.12. The quantitative estimate of drug-likeness (QED) is 0.519. The Morgan fingerprint density at radius 2 is 2.17 bits per heavy atom. The first-order valence-corrected chi connectivity index (χ1v) is 3.84. The van der Waals surface area contributed by atoms with E-state index in [1.807, 2.05) is 13.8 Å². The lowest BCUT2D eigenvalue weighted by Gasteiger charge is -2.17. The second-order valence-corrected chi connectivity index (χ2v) is 2.79. The Morgan fingerprint density at radius 3 is 2.58 bits per heavy atom. The van der Waals surface area contributed by atoms with Crippen molar-refractivity contribution >= 4 is 5.97 Å². The number of hydrogen-bond donors (Lipinski definition) is 3. The molecule has 0 aromatic heterocycles. The van der Waals surface area contributed by atoms with Crippen LogP contribution in [0.25, 0.3) is 0 Å². The minimum absolute atomic E-state index is 0.0746. The Balaban J connectivity index is 3.70. The molecule has 0 heterocycles. The first-order chi connectivity index (χ1) is 5.57.